The van der Waals surface area contributed by atoms with Crippen molar-refractivity contribution in [1.29, 1.82) is 0 Å². The van der Waals surface area contributed by atoms with Crippen LogP contribution in [0.5, 0.6) is 0 Å². The molecular formula is C11H17N3. The molecule has 1 fully saturated rings. The van der Waals surface area contributed by atoms with Crippen LogP contribution < -0.4 is 5.32 Å². The number of hydrogen-bond acceptors (Lipinski definition) is 3. The zero-order valence-electron chi connectivity index (χ0n) is 8.61. The van der Waals surface area contributed by atoms with E-state index in [-0.39, 0.29) is 0 Å². The topological polar surface area (TPSA) is 28.2 Å². The lowest BCUT2D eigenvalue weighted by atomic mass is 10.1. The summed E-state index contributed by atoms with van der Waals surface area (Å²) in [6.07, 6.45) is 4.98. The molecule has 1 unspecified atom stereocenters. The van der Waals surface area contributed by atoms with Crippen LogP contribution in [0, 0.1) is 0 Å². The van der Waals surface area contributed by atoms with Crippen LogP contribution >= 0.6 is 0 Å². The van der Waals surface area contributed by atoms with Crippen LogP contribution in [-0.4, -0.2) is 36.6 Å². The van der Waals surface area contributed by atoms with Gasteiger partial charge in [0.1, 0.15) is 0 Å². The van der Waals surface area contributed by atoms with Crippen molar-refractivity contribution in [2.75, 3.05) is 26.7 Å². The van der Waals surface area contributed by atoms with Crippen molar-refractivity contribution in [3.63, 3.8) is 0 Å². The average molecular weight is 191 g/mol. The van der Waals surface area contributed by atoms with Crippen LogP contribution in [0.4, 0.5) is 0 Å². The normalized spacial score (nSPS) is 24.5. The predicted molar refractivity (Wildman–Crippen MR) is 57.1 cm³/mol. The number of hydrogen-bond donors (Lipinski definition) is 1. The number of nitrogens with zero attached hydrogens (tertiary/aromatic N) is 2. The Hall–Kier alpha value is -0.930. The molecule has 3 heteroatoms. The van der Waals surface area contributed by atoms with Gasteiger partial charge in [-0.15, -0.1) is 0 Å². The lowest BCUT2D eigenvalue weighted by molar-refractivity contribution is 0.258. The summed E-state index contributed by atoms with van der Waals surface area (Å²) in [6.45, 7) is 3.30. The molecule has 0 bridgehead atoms. The molecular weight excluding hydrogens is 174 g/mol. The minimum absolute atomic E-state index is 0.527. The number of rotatable bonds is 1. The van der Waals surface area contributed by atoms with Gasteiger partial charge in [0.15, 0.2) is 0 Å². The molecule has 0 aliphatic carbocycles. The highest BCUT2D eigenvalue weighted by Crippen LogP contribution is 2.22. The third-order valence-electron chi connectivity index (χ3n) is 2.84. The van der Waals surface area contributed by atoms with Gasteiger partial charge in [0.25, 0.3) is 0 Å². The lowest BCUT2D eigenvalue weighted by Gasteiger charge is -2.25. The molecule has 2 rings (SSSR count). The fraction of sp³-hybridized carbons (Fsp3) is 0.545. The van der Waals surface area contributed by atoms with E-state index in [0.29, 0.717) is 6.04 Å². The van der Waals surface area contributed by atoms with Crippen molar-refractivity contribution in [3.05, 3.63) is 30.1 Å². The van der Waals surface area contributed by atoms with Crippen LogP contribution in [0.25, 0.3) is 0 Å². The van der Waals surface area contributed by atoms with Crippen LogP contribution in [0.2, 0.25) is 0 Å². The Morgan fingerprint density at radius 3 is 3.21 bits per heavy atom. The summed E-state index contributed by atoms with van der Waals surface area (Å²) in [4.78, 5) is 6.58. The monoisotopic (exact) mass is 191 g/mol. The number of likely N-dealkylation sites (N-methyl/N-ethyl adjacent to an activating group) is 1. The smallest absolute Gasteiger partial charge is 0.0372 e. The largest absolute Gasteiger partial charge is 0.315 e. The van der Waals surface area contributed by atoms with Crippen molar-refractivity contribution < 1.29 is 0 Å². The molecule has 0 saturated carbocycles. The minimum Gasteiger partial charge on any atom is -0.315 e. The first-order chi connectivity index (χ1) is 6.88. The Bertz CT molecular complexity index is 273. The second-order valence-corrected chi connectivity index (χ2v) is 3.82. The molecule has 1 atom stereocenters. The summed E-state index contributed by atoms with van der Waals surface area (Å²) in [7, 11) is 2.19. The Balaban J connectivity index is 2.15. The number of nitrogens with one attached hydrogen (secondary N) is 1. The molecule has 0 aromatic carbocycles. The molecule has 76 valence electrons. The van der Waals surface area contributed by atoms with Gasteiger partial charge >= 0.3 is 0 Å². The first kappa shape index (κ1) is 9.62. The maximum atomic E-state index is 4.18. The molecule has 1 aromatic rings. The van der Waals surface area contributed by atoms with E-state index < -0.39 is 0 Å². The molecule has 3 nitrogen and oxygen atoms in total. The Kier molecular flexibility index (Phi) is 3.11. The SMILES string of the molecule is CN1CCNCCC1c1cccnc1. The zero-order valence-corrected chi connectivity index (χ0v) is 8.61. The molecule has 1 N–H and O–H groups in total. The van der Waals surface area contributed by atoms with Crippen molar-refractivity contribution in [1.82, 2.24) is 15.2 Å². The van der Waals surface area contributed by atoms with Gasteiger partial charge in [0.2, 0.25) is 0 Å². The highest BCUT2D eigenvalue weighted by Gasteiger charge is 2.18. The molecule has 0 amide bonds. The highest BCUT2D eigenvalue weighted by atomic mass is 15.2. The van der Waals surface area contributed by atoms with Crippen LogP contribution in [0.3, 0.4) is 0 Å². The summed E-state index contributed by atoms with van der Waals surface area (Å²) in [5, 5.41) is 3.42. The number of pyridine rings is 1. The first-order valence-corrected chi connectivity index (χ1v) is 5.19. The minimum atomic E-state index is 0.527. The Morgan fingerprint density at radius 1 is 1.50 bits per heavy atom. The van der Waals surface area contributed by atoms with Gasteiger partial charge in [-0.25, -0.2) is 0 Å². The average Bonchev–Trinajstić information content (AvgIpc) is 2.44. The van der Waals surface area contributed by atoms with E-state index in [1.165, 1.54) is 12.0 Å². The highest BCUT2D eigenvalue weighted by molar-refractivity contribution is 5.14. The van der Waals surface area contributed by atoms with E-state index >= 15 is 0 Å². The zero-order chi connectivity index (χ0) is 9.80. The van der Waals surface area contributed by atoms with E-state index in [1.54, 1.807) is 0 Å². The fourth-order valence-corrected chi connectivity index (χ4v) is 1.99. The summed E-state index contributed by atoms with van der Waals surface area (Å²) in [5.74, 6) is 0. The van der Waals surface area contributed by atoms with E-state index in [0.717, 1.165) is 19.6 Å². The standard InChI is InChI=1S/C11H17N3/c1-14-8-7-12-6-4-11(14)10-3-2-5-13-9-10/h2-3,5,9,11-12H,4,6-8H2,1H3. The van der Waals surface area contributed by atoms with E-state index in [4.69, 9.17) is 0 Å². The molecule has 0 radical (unpaired) electrons. The van der Waals surface area contributed by atoms with Crippen molar-refractivity contribution >= 4 is 0 Å². The van der Waals surface area contributed by atoms with Gasteiger partial charge in [0.05, 0.1) is 0 Å². The van der Waals surface area contributed by atoms with Gasteiger partial charge in [0, 0.05) is 31.5 Å². The van der Waals surface area contributed by atoms with Gasteiger partial charge in [-0.05, 0) is 31.6 Å². The van der Waals surface area contributed by atoms with E-state index in [9.17, 15) is 0 Å². The third-order valence-corrected chi connectivity index (χ3v) is 2.84. The Morgan fingerprint density at radius 2 is 2.43 bits per heavy atom. The van der Waals surface area contributed by atoms with Crippen LogP contribution in [0.1, 0.15) is 18.0 Å². The van der Waals surface area contributed by atoms with Crippen molar-refractivity contribution in [3.8, 4) is 0 Å². The van der Waals surface area contributed by atoms with Crippen LogP contribution in [0.15, 0.2) is 24.5 Å². The second-order valence-electron chi connectivity index (χ2n) is 3.82. The predicted octanol–water partition coefficient (Wildman–Crippen LogP) is 1.05. The van der Waals surface area contributed by atoms with Crippen molar-refractivity contribution in [2.45, 2.75) is 12.5 Å². The molecule has 1 saturated heterocycles. The second kappa shape index (κ2) is 4.53. The van der Waals surface area contributed by atoms with Crippen molar-refractivity contribution in [2.24, 2.45) is 0 Å². The summed E-state index contributed by atoms with van der Waals surface area (Å²) < 4.78 is 0. The quantitative estimate of drug-likeness (QED) is 0.719. The fourth-order valence-electron chi connectivity index (χ4n) is 1.99. The summed E-state index contributed by atoms with van der Waals surface area (Å²) >= 11 is 0. The lowest BCUT2D eigenvalue weighted by Crippen LogP contribution is -2.26. The van der Waals surface area contributed by atoms with Gasteiger partial charge in [-0.1, -0.05) is 6.07 Å². The van der Waals surface area contributed by atoms with Gasteiger partial charge in [-0.3, -0.25) is 9.88 Å². The van der Waals surface area contributed by atoms with E-state index in [1.807, 2.05) is 18.5 Å². The van der Waals surface area contributed by atoms with Gasteiger partial charge < -0.3 is 5.32 Å². The number of aromatic nitrogens is 1. The summed E-state index contributed by atoms with van der Waals surface area (Å²) in [6, 6.07) is 4.71. The molecule has 2 heterocycles. The maximum Gasteiger partial charge on any atom is 0.0372 e. The molecule has 1 aliphatic heterocycles. The third kappa shape index (κ3) is 2.11. The van der Waals surface area contributed by atoms with Crippen LogP contribution in [-0.2, 0) is 0 Å². The molecule has 14 heavy (non-hydrogen) atoms. The first-order valence-electron chi connectivity index (χ1n) is 5.19. The molecule has 1 aromatic heterocycles. The Labute approximate surface area is 85.1 Å². The summed E-state index contributed by atoms with van der Waals surface area (Å²) in [5.41, 5.74) is 1.33. The molecule has 0 spiro atoms. The maximum absolute atomic E-state index is 4.18. The van der Waals surface area contributed by atoms with E-state index in [2.05, 4.69) is 28.3 Å². The molecule has 1 aliphatic rings. The van der Waals surface area contributed by atoms with Gasteiger partial charge in [-0.2, -0.15) is 0 Å².